The molecule has 140 valence electrons. The standard InChI is InChI=1S/C19H13BrClN5OS/c1-11-17(24-23-15-4-2-3-13(20)9-15)18(27)26(25-11)19-22-16(10-28-19)12-5-7-14(21)8-6-12/h2-10,25H,1H3. The van der Waals surface area contributed by atoms with Gasteiger partial charge in [0.15, 0.2) is 5.69 Å². The molecule has 9 heteroatoms. The van der Waals surface area contributed by atoms with Crippen LogP contribution in [0.25, 0.3) is 16.4 Å². The van der Waals surface area contributed by atoms with Gasteiger partial charge in [0.1, 0.15) is 0 Å². The Hall–Kier alpha value is -2.55. The Morgan fingerprint density at radius 3 is 2.71 bits per heavy atom. The van der Waals surface area contributed by atoms with Crippen LogP contribution in [0.4, 0.5) is 11.4 Å². The molecule has 2 aromatic heterocycles. The van der Waals surface area contributed by atoms with Gasteiger partial charge in [0.05, 0.1) is 17.1 Å². The minimum atomic E-state index is -0.298. The Labute approximate surface area is 177 Å². The van der Waals surface area contributed by atoms with Crippen LogP contribution in [0.15, 0.2) is 73.4 Å². The molecule has 0 aliphatic rings. The highest BCUT2D eigenvalue weighted by Crippen LogP contribution is 2.26. The molecule has 0 atom stereocenters. The minimum Gasteiger partial charge on any atom is -0.291 e. The van der Waals surface area contributed by atoms with E-state index in [0.29, 0.717) is 21.5 Å². The molecule has 0 spiro atoms. The molecule has 0 fully saturated rings. The molecule has 0 amide bonds. The summed E-state index contributed by atoms with van der Waals surface area (Å²) in [6, 6.07) is 14.8. The number of halogens is 2. The predicted octanol–water partition coefficient (Wildman–Crippen LogP) is 6.43. The van der Waals surface area contributed by atoms with Crippen molar-refractivity contribution in [1.29, 1.82) is 0 Å². The molecule has 0 radical (unpaired) electrons. The number of hydrogen-bond acceptors (Lipinski definition) is 5. The van der Waals surface area contributed by atoms with Gasteiger partial charge in [-0.1, -0.05) is 45.7 Å². The number of hydrogen-bond donors (Lipinski definition) is 1. The maximum Gasteiger partial charge on any atom is 0.301 e. The van der Waals surface area contributed by atoms with Crippen LogP contribution in [-0.2, 0) is 0 Å². The fourth-order valence-corrected chi connectivity index (χ4v) is 3.86. The number of thiazole rings is 1. The summed E-state index contributed by atoms with van der Waals surface area (Å²) < 4.78 is 2.28. The minimum absolute atomic E-state index is 0.253. The normalized spacial score (nSPS) is 11.4. The average Bonchev–Trinajstić information content (AvgIpc) is 3.26. The fraction of sp³-hybridized carbons (Fsp3) is 0.0526. The van der Waals surface area contributed by atoms with Gasteiger partial charge >= 0.3 is 5.56 Å². The van der Waals surface area contributed by atoms with Gasteiger partial charge < -0.3 is 0 Å². The summed E-state index contributed by atoms with van der Waals surface area (Å²) in [5.41, 5.74) is 2.93. The molecule has 0 aliphatic heterocycles. The van der Waals surface area contributed by atoms with Gasteiger partial charge in [-0.25, -0.2) is 4.98 Å². The smallest absolute Gasteiger partial charge is 0.291 e. The zero-order valence-electron chi connectivity index (χ0n) is 14.6. The first-order valence-corrected chi connectivity index (χ1v) is 10.3. The van der Waals surface area contributed by atoms with E-state index in [1.165, 1.54) is 16.0 Å². The first kappa shape index (κ1) is 18.8. The summed E-state index contributed by atoms with van der Waals surface area (Å²) in [4.78, 5) is 17.3. The number of H-pyrrole nitrogens is 1. The number of benzene rings is 2. The lowest BCUT2D eigenvalue weighted by molar-refractivity contribution is 0.827. The Bertz CT molecular complexity index is 1230. The summed E-state index contributed by atoms with van der Waals surface area (Å²) in [5.74, 6) is 0. The molecule has 4 rings (SSSR count). The third kappa shape index (κ3) is 3.84. The summed E-state index contributed by atoms with van der Waals surface area (Å²) in [5, 5.41) is 14.4. The van der Waals surface area contributed by atoms with Gasteiger partial charge in [-0.3, -0.25) is 9.89 Å². The van der Waals surface area contributed by atoms with Crippen LogP contribution in [0, 0.1) is 6.92 Å². The highest BCUT2D eigenvalue weighted by atomic mass is 79.9. The summed E-state index contributed by atoms with van der Waals surface area (Å²) in [6.07, 6.45) is 0. The van der Waals surface area contributed by atoms with Crippen LogP contribution >= 0.6 is 38.9 Å². The number of aryl methyl sites for hydroxylation is 1. The second kappa shape index (κ2) is 7.83. The van der Waals surface area contributed by atoms with Crippen molar-refractivity contribution in [1.82, 2.24) is 14.8 Å². The maximum absolute atomic E-state index is 12.8. The van der Waals surface area contributed by atoms with Crippen molar-refractivity contribution in [2.24, 2.45) is 10.2 Å². The van der Waals surface area contributed by atoms with E-state index in [0.717, 1.165) is 15.7 Å². The van der Waals surface area contributed by atoms with E-state index in [-0.39, 0.29) is 11.2 Å². The fourth-order valence-electron chi connectivity index (χ4n) is 2.56. The van der Waals surface area contributed by atoms with Crippen molar-refractivity contribution < 1.29 is 0 Å². The molecule has 4 aromatic rings. The van der Waals surface area contributed by atoms with E-state index in [1.807, 2.05) is 41.8 Å². The second-order valence-electron chi connectivity index (χ2n) is 5.93. The number of aromatic amines is 1. The molecule has 0 saturated heterocycles. The van der Waals surface area contributed by atoms with Crippen LogP contribution in [0.1, 0.15) is 5.69 Å². The second-order valence-corrected chi connectivity index (χ2v) is 8.12. The molecule has 1 N–H and O–H groups in total. The molecule has 0 saturated carbocycles. The van der Waals surface area contributed by atoms with Crippen molar-refractivity contribution in [3.63, 3.8) is 0 Å². The number of azo groups is 1. The van der Waals surface area contributed by atoms with Gasteiger partial charge in [-0.05, 0) is 37.3 Å². The van der Waals surface area contributed by atoms with Gasteiger partial charge in [0.25, 0.3) is 0 Å². The van der Waals surface area contributed by atoms with Gasteiger partial charge in [0.2, 0.25) is 5.13 Å². The summed E-state index contributed by atoms with van der Waals surface area (Å²) in [6.45, 7) is 1.78. The Morgan fingerprint density at radius 2 is 1.96 bits per heavy atom. The van der Waals surface area contributed by atoms with E-state index in [2.05, 4.69) is 36.2 Å². The number of rotatable bonds is 4. The zero-order valence-corrected chi connectivity index (χ0v) is 17.7. The van der Waals surface area contributed by atoms with Crippen molar-refractivity contribution in [2.45, 2.75) is 6.92 Å². The molecule has 2 aromatic carbocycles. The Morgan fingerprint density at radius 1 is 1.18 bits per heavy atom. The number of aromatic nitrogens is 3. The number of nitrogens with zero attached hydrogens (tertiary/aromatic N) is 4. The van der Waals surface area contributed by atoms with Gasteiger partial charge in [-0.15, -0.1) is 16.5 Å². The molecule has 6 nitrogen and oxygen atoms in total. The molecule has 2 heterocycles. The van der Waals surface area contributed by atoms with Crippen molar-refractivity contribution in [3.8, 4) is 16.4 Å². The van der Waals surface area contributed by atoms with E-state index < -0.39 is 0 Å². The Balaban J connectivity index is 1.66. The van der Waals surface area contributed by atoms with Crippen LogP contribution in [0.5, 0.6) is 0 Å². The average molecular weight is 475 g/mol. The van der Waals surface area contributed by atoms with E-state index in [9.17, 15) is 4.79 Å². The SMILES string of the molecule is Cc1[nH]n(-c2nc(-c3ccc(Cl)cc3)cs2)c(=O)c1N=Nc1cccc(Br)c1. The molecule has 0 bridgehead atoms. The van der Waals surface area contributed by atoms with Crippen molar-refractivity contribution in [3.05, 3.63) is 79.5 Å². The predicted molar refractivity (Wildman–Crippen MR) is 116 cm³/mol. The quantitative estimate of drug-likeness (QED) is 0.346. The molecule has 0 unspecified atom stereocenters. The molecule has 0 aliphatic carbocycles. The lowest BCUT2D eigenvalue weighted by Gasteiger charge is -1.97. The van der Waals surface area contributed by atoms with Crippen LogP contribution in [-0.4, -0.2) is 14.8 Å². The first-order chi connectivity index (χ1) is 13.5. The highest BCUT2D eigenvalue weighted by Gasteiger charge is 2.15. The third-order valence-electron chi connectivity index (χ3n) is 3.94. The Kier molecular flexibility index (Phi) is 5.25. The zero-order chi connectivity index (χ0) is 19.7. The van der Waals surface area contributed by atoms with E-state index >= 15 is 0 Å². The topological polar surface area (TPSA) is 75.4 Å². The lowest BCUT2D eigenvalue weighted by Crippen LogP contribution is -2.13. The van der Waals surface area contributed by atoms with Crippen LogP contribution in [0.3, 0.4) is 0 Å². The lowest BCUT2D eigenvalue weighted by atomic mass is 10.2. The van der Waals surface area contributed by atoms with Gasteiger partial charge in [0, 0.05) is 20.4 Å². The first-order valence-electron chi connectivity index (χ1n) is 8.22. The highest BCUT2D eigenvalue weighted by molar-refractivity contribution is 9.10. The molecule has 28 heavy (non-hydrogen) atoms. The van der Waals surface area contributed by atoms with Gasteiger partial charge in [-0.2, -0.15) is 9.80 Å². The maximum atomic E-state index is 12.8. The number of nitrogens with one attached hydrogen (secondary N) is 1. The molecular formula is C19H13BrClN5OS. The third-order valence-corrected chi connectivity index (χ3v) is 5.51. The van der Waals surface area contributed by atoms with Crippen molar-refractivity contribution >= 4 is 50.2 Å². The summed E-state index contributed by atoms with van der Waals surface area (Å²) >= 11 is 10.7. The van der Waals surface area contributed by atoms with Crippen LogP contribution in [0.2, 0.25) is 5.02 Å². The van der Waals surface area contributed by atoms with Crippen LogP contribution < -0.4 is 5.56 Å². The monoisotopic (exact) mass is 473 g/mol. The van der Waals surface area contributed by atoms with Crippen molar-refractivity contribution in [2.75, 3.05) is 0 Å². The molecular weight excluding hydrogens is 462 g/mol. The van der Waals surface area contributed by atoms with E-state index in [1.54, 1.807) is 19.1 Å². The largest absolute Gasteiger partial charge is 0.301 e. The summed E-state index contributed by atoms with van der Waals surface area (Å²) in [7, 11) is 0. The van der Waals surface area contributed by atoms with E-state index in [4.69, 9.17) is 11.6 Å².